The van der Waals surface area contributed by atoms with Gasteiger partial charge in [0.15, 0.2) is 0 Å². The molecule has 0 heterocycles. The van der Waals surface area contributed by atoms with Gasteiger partial charge in [-0.3, -0.25) is 0 Å². The van der Waals surface area contributed by atoms with Crippen LogP contribution in [0, 0.1) is 0 Å². The van der Waals surface area contributed by atoms with Crippen LogP contribution in [0.1, 0.15) is 5.56 Å². The third-order valence-corrected chi connectivity index (χ3v) is 3.93. The zero-order chi connectivity index (χ0) is 10.9. The number of alkyl halides is 1. The van der Waals surface area contributed by atoms with Crippen molar-refractivity contribution in [2.24, 2.45) is 0 Å². The van der Waals surface area contributed by atoms with Crippen LogP contribution in [0.25, 0.3) is 0 Å². The molecule has 0 spiro atoms. The van der Waals surface area contributed by atoms with Crippen LogP contribution in [0.15, 0.2) is 17.0 Å². The summed E-state index contributed by atoms with van der Waals surface area (Å²) in [7, 11) is 1.29. The Kier molecular flexibility index (Phi) is 3.95. The van der Waals surface area contributed by atoms with Gasteiger partial charge in [-0.25, -0.2) is 8.42 Å². The van der Waals surface area contributed by atoms with E-state index in [1.165, 1.54) is 12.1 Å². The second-order valence-corrected chi connectivity index (χ2v) is 6.06. The Bertz CT molecular complexity index is 455. The fourth-order valence-electron chi connectivity index (χ4n) is 0.860. The van der Waals surface area contributed by atoms with E-state index in [-0.39, 0.29) is 15.8 Å². The van der Waals surface area contributed by atoms with Gasteiger partial charge >= 0.3 is 0 Å². The molecule has 0 atom stereocenters. The van der Waals surface area contributed by atoms with E-state index in [1.807, 2.05) is 0 Å². The minimum absolute atomic E-state index is 0.0149. The van der Waals surface area contributed by atoms with Crippen molar-refractivity contribution in [2.75, 3.05) is 0 Å². The molecule has 14 heavy (non-hydrogen) atoms. The van der Waals surface area contributed by atoms with E-state index >= 15 is 0 Å². The van der Waals surface area contributed by atoms with Crippen molar-refractivity contribution >= 4 is 54.5 Å². The molecule has 0 bridgehead atoms. The number of hydrogen-bond acceptors (Lipinski definition) is 2. The molecule has 1 aromatic rings. The number of benzene rings is 1. The molecule has 0 aliphatic rings. The van der Waals surface area contributed by atoms with Crippen molar-refractivity contribution in [2.45, 2.75) is 10.8 Å². The molecule has 1 rings (SSSR count). The zero-order valence-electron chi connectivity index (χ0n) is 6.60. The molecular weight excluding hydrogens is 290 g/mol. The molecule has 0 aliphatic heterocycles. The van der Waals surface area contributed by atoms with Crippen LogP contribution >= 0.6 is 45.5 Å². The minimum atomic E-state index is -3.86. The Balaban J connectivity index is 3.47. The highest BCUT2D eigenvalue weighted by Gasteiger charge is 2.17. The van der Waals surface area contributed by atoms with Gasteiger partial charge in [0.1, 0.15) is 4.90 Å². The van der Waals surface area contributed by atoms with E-state index in [0.29, 0.717) is 10.6 Å². The van der Waals surface area contributed by atoms with Crippen LogP contribution in [0.2, 0.25) is 10.0 Å². The Morgan fingerprint density at radius 3 is 2.14 bits per heavy atom. The van der Waals surface area contributed by atoms with E-state index in [0.717, 1.165) is 0 Å². The maximum absolute atomic E-state index is 11.0. The Morgan fingerprint density at radius 2 is 1.71 bits per heavy atom. The van der Waals surface area contributed by atoms with Crippen LogP contribution in [-0.4, -0.2) is 8.42 Å². The van der Waals surface area contributed by atoms with E-state index in [4.69, 9.17) is 45.5 Å². The standard InChI is InChI=1S/C7H4Cl4O2S/c8-3-4-1-7(14(11,12)13)6(10)2-5(4)9/h1-2H,3H2. The zero-order valence-corrected chi connectivity index (χ0v) is 10.4. The summed E-state index contributed by atoms with van der Waals surface area (Å²) in [4.78, 5) is -0.180. The van der Waals surface area contributed by atoms with Crippen molar-refractivity contribution in [3.63, 3.8) is 0 Å². The molecule has 78 valence electrons. The second kappa shape index (κ2) is 4.45. The van der Waals surface area contributed by atoms with Gasteiger partial charge in [-0.05, 0) is 17.7 Å². The monoisotopic (exact) mass is 292 g/mol. The highest BCUT2D eigenvalue weighted by atomic mass is 35.7. The van der Waals surface area contributed by atoms with E-state index < -0.39 is 9.05 Å². The first-order chi connectivity index (χ1) is 6.36. The van der Waals surface area contributed by atoms with Gasteiger partial charge in [-0.15, -0.1) is 11.6 Å². The van der Waals surface area contributed by atoms with Crippen LogP contribution in [0.5, 0.6) is 0 Å². The highest BCUT2D eigenvalue weighted by molar-refractivity contribution is 8.13. The topological polar surface area (TPSA) is 34.1 Å². The summed E-state index contributed by atoms with van der Waals surface area (Å²) in [5, 5.41) is 0.299. The molecule has 7 heteroatoms. The molecule has 0 fully saturated rings. The number of hydrogen-bond donors (Lipinski definition) is 0. The van der Waals surface area contributed by atoms with Crippen molar-refractivity contribution in [1.29, 1.82) is 0 Å². The van der Waals surface area contributed by atoms with Gasteiger partial charge in [0, 0.05) is 21.6 Å². The largest absolute Gasteiger partial charge is 0.262 e. The van der Waals surface area contributed by atoms with E-state index in [9.17, 15) is 8.42 Å². The van der Waals surface area contributed by atoms with Crippen molar-refractivity contribution in [1.82, 2.24) is 0 Å². The van der Waals surface area contributed by atoms with E-state index in [1.54, 1.807) is 0 Å². The van der Waals surface area contributed by atoms with Gasteiger partial charge < -0.3 is 0 Å². The molecule has 0 saturated heterocycles. The fraction of sp³-hybridized carbons (Fsp3) is 0.143. The highest BCUT2D eigenvalue weighted by Crippen LogP contribution is 2.31. The van der Waals surface area contributed by atoms with Crippen LogP contribution in [-0.2, 0) is 14.9 Å². The predicted octanol–water partition coefficient (Wildman–Crippen LogP) is 3.66. The lowest BCUT2D eigenvalue weighted by Crippen LogP contribution is -1.94. The summed E-state index contributed by atoms with van der Waals surface area (Å²) < 4.78 is 22.1. The third kappa shape index (κ3) is 2.67. The summed E-state index contributed by atoms with van der Waals surface area (Å²) >= 11 is 16.9. The smallest absolute Gasteiger partial charge is 0.207 e. The molecule has 0 aliphatic carbocycles. The summed E-state index contributed by atoms with van der Waals surface area (Å²) in [5.74, 6) is 0.0927. The van der Waals surface area contributed by atoms with Crippen LogP contribution in [0.4, 0.5) is 0 Å². The molecule has 0 unspecified atom stereocenters. The third-order valence-electron chi connectivity index (χ3n) is 1.51. The van der Waals surface area contributed by atoms with Crippen molar-refractivity contribution < 1.29 is 8.42 Å². The van der Waals surface area contributed by atoms with Crippen LogP contribution in [0.3, 0.4) is 0 Å². The molecule has 0 amide bonds. The number of rotatable bonds is 2. The summed E-state index contributed by atoms with van der Waals surface area (Å²) in [6.07, 6.45) is 0. The van der Waals surface area contributed by atoms with Gasteiger partial charge in [-0.1, -0.05) is 23.2 Å². The molecule has 2 nitrogen and oxygen atoms in total. The summed E-state index contributed by atoms with van der Waals surface area (Å²) in [6, 6.07) is 2.57. The lowest BCUT2D eigenvalue weighted by atomic mass is 10.2. The Morgan fingerprint density at radius 1 is 1.14 bits per heavy atom. The second-order valence-electron chi connectivity index (χ2n) is 2.45. The SMILES string of the molecule is O=S(=O)(Cl)c1cc(CCl)c(Cl)cc1Cl. The molecule has 0 N–H and O–H groups in total. The maximum Gasteiger partial charge on any atom is 0.262 e. The summed E-state index contributed by atoms with van der Waals surface area (Å²) in [6.45, 7) is 0. The Labute approximate surface area is 101 Å². The molecule has 0 saturated carbocycles. The molecular formula is C7H4Cl4O2S. The molecule has 0 aromatic heterocycles. The first kappa shape index (κ1) is 12.4. The predicted molar refractivity (Wildman–Crippen MR) is 59.1 cm³/mol. The van der Waals surface area contributed by atoms with Gasteiger partial charge in [0.05, 0.1) is 5.02 Å². The minimum Gasteiger partial charge on any atom is -0.207 e. The average Bonchev–Trinajstić information content (AvgIpc) is 2.02. The normalized spacial score (nSPS) is 11.7. The van der Waals surface area contributed by atoms with Gasteiger partial charge in [-0.2, -0.15) is 0 Å². The van der Waals surface area contributed by atoms with Crippen LogP contribution < -0.4 is 0 Å². The lowest BCUT2D eigenvalue weighted by molar-refractivity contribution is 0.609. The first-order valence-electron chi connectivity index (χ1n) is 3.35. The van der Waals surface area contributed by atoms with Crippen molar-refractivity contribution in [3.8, 4) is 0 Å². The van der Waals surface area contributed by atoms with Crippen molar-refractivity contribution in [3.05, 3.63) is 27.7 Å². The van der Waals surface area contributed by atoms with E-state index in [2.05, 4.69) is 0 Å². The first-order valence-corrected chi connectivity index (χ1v) is 6.95. The molecule has 1 aromatic carbocycles. The molecule has 0 radical (unpaired) electrons. The quantitative estimate of drug-likeness (QED) is 0.616. The maximum atomic E-state index is 11.0. The summed E-state index contributed by atoms with van der Waals surface area (Å²) in [5.41, 5.74) is 0.469. The van der Waals surface area contributed by atoms with Gasteiger partial charge in [0.25, 0.3) is 9.05 Å². The lowest BCUT2D eigenvalue weighted by Gasteiger charge is -2.04. The number of halogens is 4. The Hall–Kier alpha value is 0.330. The van der Waals surface area contributed by atoms with Gasteiger partial charge in [0.2, 0.25) is 0 Å². The fourth-order valence-corrected chi connectivity index (χ4v) is 2.98. The average molecular weight is 294 g/mol.